The summed E-state index contributed by atoms with van der Waals surface area (Å²) in [5, 5.41) is 0.447. The molecule has 1 saturated heterocycles. The lowest BCUT2D eigenvalue weighted by Gasteiger charge is -2.36. The minimum atomic E-state index is -3.85. The Kier molecular flexibility index (Phi) is 6.63. The molecule has 6 nitrogen and oxygen atoms in total. The summed E-state index contributed by atoms with van der Waals surface area (Å²) < 4.78 is 27.5. The van der Waals surface area contributed by atoms with Gasteiger partial charge in [0.05, 0.1) is 10.6 Å². The molecular formula is C25H26ClN3O3S. The van der Waals surface area contributed by atoms with Crippen LogP contribution in [0.3, 0.4) is 0 Å². The first-order chi connectivity index (χ1) is 15.8. The van der Waals surface area contributed by atoms with Crippen molar-refractivity contribution < 1.29 is 13.2 Å². The summed E-state index contributed by atoms with van der Waals surface area (Å²) in [5.74, 6) is -0.165. The van der Waals surface area contributed by atoms with Gasteiger partial charge in [0.25, 0.3) is 15.9 Å². The number of rotatable bonds is 5. The molecule has 0 bridgehead atoms. The van der Waals surface area contributed by atoms with Crippen LogP contribution in [-0.2, 0) is 10.0 Å². The Morgan fingerprint density at radius 3 is 2.30 bits per heavy atom. The molecule has 1 fully saturated rings. The highest BCUT2D eigenvalue weighted by Gasteiger charge is 2.26. The van der Waals surface area contributed by atoms with Crippen LogP contribution < -0.4 is 9.21 Å². The van der Waals surface area contributed by atoms with Gasteiger partial charge in [0.15, 0.2) is 0 Å². The first-order valence-electron chi connectivity index (χ1n) is 10.7. The fraction of sp³-hybridized carbons (Fsp3) is 0.240. The van der Waals surface area contributed by atoms with Crippen LogP contribution in [0, 0.1) is 6.92 Å². The molecule has 0 spiro atoms. The molecule has 4 rings (SSSR count). The number of carbonyl (C=O) groups excluding carboxylic acids is 1. The van der Waals surface area contributed by atoms with Gasteiger partial charge in [-0.1, -0.05) is 35.9 Å². The van der Waals surface area contributed by atoms with E-state index < -0.39 is 10.0 Å². The number of amides is 1. The molecule has 0 N–H and O–H groups in total. The van der Waals surface area contributed by atoms with Crippen LogP contribution in [0.4, 0.5) is 11.4 Å². The van der Waals surface area contributed by atoms with Crippen molar-refractivity contribution in [2.24, 2.45) is 0 Å². The molecule has 0 atom stereocenters. The Labute approximate surface area is 200 Å². The predicted octanol–water partition coefficient (Wildman–Crippen LogP) is 4.44. The third-order valence-electron chi connectivity index (χ3n) is 5.84. The number of benzene rings is 3. The van der Waals surface area contributed by atoms with Crippen LogP contribution in [-0.4, -0.2) is 52.5 Å². The van der Waals surface area contributed by atoms with Crippen molar-refractivity contribution in [1.82, 2.24) is 4.90 Å². The van der Waals surface area contributed by atoms with Gasteiger partial charge in [0, 0.05) is 49.5 Å². The van der Waals surface area contributed by atoms with E-state index in [2.05, 4.69) is 30.0 Å². The topological polar surface area (TPSA) is 60.9 Å². The van der Waals surface area contributed by atoms with Crippen molar-refractivity contribution in [3.8, 4) is 0 Å². The van der Waals surface area contributed by atoms with Crippen molar-refractivity contribution in [3.05, 3.63) is 88.9 Å². The number of carbonyl (C=O) groups is 1. The van der Waals surface area contributed by atoms with Crippen molar-refractivity contribution in [2.75, 3.05) is 42.4 Å². The highest BCUT2D eigenvalue weighted by atomic mass is 35.5. The van der Waals surface area contributed by atoms with Crippen LogP contribution in [0.15, 0.2) is 77.7 Å². The molecule has 0 saturated carbocycles. The molecule has 3 aromatic rings. The maximum atomic E-state index is 13.2. The van der Waals surface area contributed by atoms with Crippen LogP contribution in [0.25, 0.3) is 0 Å². The standard InChI is InChI=1S/C25H26ClN3O3S/c1-19-6-3-10-23(16-19)28-12-14-29(15-13-28)25(30)20-7-4-11-24(17-20)33(31,32)27(2)22-9-5-8-21(26)18-22/h3-11,16-18H,12-15H2,1-2H3. The molecule has 1 heterocycles. The number of aryl methyl sites for hydroxylation is 1. The Morgan fingerprint density at radius 2 is 1.61 bits per heavy atom. The number of hydrogen-bond donors (Lipinski definition) is 0. The molecule has 8 heteroatoms. The van der Waals surface area contributed by atoms with Gasteiger partial charge < -0.3 is 9.80 Å². The van der Waals surface area contributed by atoms with Crippen LogP contribution in [0.2, 0.25) is 5.02 Å². The average Bonchev–Trinajstić information content (AvgIpc) is 2.83. The van der Waals surface area contributed by atoms with E-state index in [9.17, 15) is 13.2 Å². The maximum absolute atomic E-state index is 13.2. The molecule has 1 aliphatic rings. The van der Waals surface area contributed by atoms with Gasteiger partial charge in [-0.15, -0.1) is 0 Å². The van der Waals surface area contributed by atoms with E-state index in [0.29, 0.717) is 29.4 Å². The molecule has 1 amide bonds. The van der Waals surface area contributed by atoms with Gasteiger partial charge in [-0.3, -0.25) is 9.10 Å². The lowest BCUT2D eigenvalue weighted by Crippen LogP contribution is -2.48. The molecule has 0 unspecified atom stereocenters. The molecule has 0 aliphatic carbocycles. The largest absolute Gasteiger partial charge is 0.368 e. The second-order valence-electron chi connectivity index (χ2n) is 8.10. The molecule has 0 aromatic heterocycles. The Hall–Kier alpha value is -3.03. The van der Waals surface area contributed by atoms with Gasteiger partial charge >= 0.3 is 0 Å². The van der Waals surface area contributed by atoms with Gasteiger partial charge in [0.2, 0.25) is 0 Å². The highest BCUT2D eigenvalue weighted by molar-refractivity contribution is 7.92. The second kappa shape index (κ2) is 9.45. The fourth-order valence-electron chi connectivity index (χ4n) is 3.93. The van der Waals surface area contributed by atoms with E-state index in [1.165, 1.54) is 29.0 Å². The molecule has 3 aromatic carbocycles. The van der Waals surface area contributed by atoms with Crippen molar-refractivity contribution in [3.63, 3.8) is 0 Å². The van der Waals surface area contributed by atoms with Crippen LogP contribution >= 0.6 is 11.6 Å². The van der Waals surface area contributed by atoms with Gasteiger partial charge in [0.1, 0.15) is 0 Å². The Bertz CT molecular complexity index is 1270. The van der Waals surface area contributed by atoms with E-state index in [0.717, 1.165) is 18.8 Å². The summed E-state index contributed by atoms with van der Waals surface area (Å²) in [6.07, 6.45) is 0. The molecule has 1 aliphatic heterocycles. The number of halogens is 1. The molecular weight excluding hydrogens is 458 g/mol. The van der Waals surface area contributed by atoms with Crippen LogP contribution in [0.5, 0.6) is 0 Å². The van der Waals surface area contributed by atoms with Gasteiger partial charge in [-0.05, 0) is 61.0 Å². The number of anilines is 2. The summed E-state index contributed by atoms with van der Waals surface area (Å²) in [7, 11) is -2.38. The zero-order valence-corrected chi connectivity index (χ0v) is 20.2. The highest BCUT2D eigenvalue weighted by Crippen LogP contribution is 2.25. The lowest BCUT2D eigenvalue weighted by atomic mass is 10.1. The van der Waals surface area contributed by atoms with Crippen molar-refractivity contribution in [2.45, 2.75) is 11.8 Å². The summed E-state index contributed by atoms with van der Waals surface area (Å²) in [6, 6.07) is 21.2. The molecule has 0 radical (unpaired) electrons. The normalized spacial score (nSPS) is 14.3. The van der Waals surface area contributed by atoms with Crippen molar-refractivity contribution in [1.29, 1.82) is 0 Å². The van der Waals surface area contributed by atoms with Gasteiger partial charge in [-0.2, -0.15) is 0 Å². The number of piperazine rings is 1. The second-order valence-corrected chi connectivity index (χ2v) is 10.5. The summed E-state index contributed by atoms with van der Waals surface area (Å²) in [4.78, 5) is 17.2. The number of sulfonamides is 1. The zero-order chi connectivity index (χ0) is 23.6. The minimum Gasteiger partial charge on any atom is -0.368 e. The SMILES string of the molecule is Cc1cccc(N2CCN(C(=O)c3cccc(S(=O)(=O)N(C)c4cccc(Cl)c4)c3)CC2)c1. The summed E-state index contributed by atoms with van der Waals surface area (Å²) in [5.41, 5.74) is 3.16. The van der Waals surface area contributed by atoms with E-state index >= 15 is 0 Å². The van der Waals surface area contributed by atoms with E-state index in [1.807, 2.05) is 6.07 Å². The fourth-order valence-corrected chi connectivity index (χ4v) is 5.35. The first-order valence-corrected chi connectivity index (χ1v) is 12.5. The lowest BCUT2D eigenvalue weighted by molar-refractivity contribution is 0.0746. The molecule has 172 valence electrons. The third kappa shape index (κ3) is 4.99. The van der Waals surface area contributed by atoms with Crippen molar-refractivity contribution >= 4 is 38.9 Å². The van der Waals surface area contributed by atoms with Gasteiger partial charge in [-0.25, -0.2) is 8.42 Å². The third-order valence-corrected chi connectivity index (χ3v) is 7.86. The quantitative estimate of drug-likeness (QED) is 0.538. The minimum absolute atomic E-state index is 0.0641. The van der Waals surface area contributed by atoms with E-state index in [1.54, 1.807) is 41.3 Å². The summed E-state index contributed by atoms with van der Waals surface area (Å²) in [6.45, 7) is 4.67. The average molecular weight is 484 g/mol. The predicted molar refractivity (Wildman–Crippen MR) is 133 cm³/mol. The van der Waals surface area contributed by atoms with E-state index in [4.69, 9.17) is 11.6 Å². The number of nitrogens with zero attached hydrogens (tertiary/aromatic N) is 3. The Balaban J connectivity index is 1.49. The Morgan fingerprint density at radius 1 is 0.909 bits per heavy atom. The molecule has 33 heavy (non-hydrogen) atoms. The smallest absolute Gasteiger partial charge is 0.264 e. The monoisotopic (exact) mass is 483 g/mol. The zero-order valence-electron chi connectivity index (χ0n) is 18.6. The van der Waals surface area contributed by atoms with E-state index in [-0.39, 0.29) is 10.8 Å². The number of hydrogen-bond acceptors (Lipinski definition) is 4. The maximum Gasteiger partial charge on any atom is 0.264 e. The first kappa shape index (κ1) is 23.1. The summed E-state index contributed by atoms with van der Waals surface area (Å²) >= 11 is 6.02. The van der Waals surface area contributed by atoms with Crippen LogP contribution in [0.1, 0.15) is 15.9 Å².